The molecule has 1 aliphatic rings. The molecule has 1 saturated heterocycles. The van der Waals surface area contributed by atoms with Gasteiger partial charge in [0.25, 0.3) is 5.91 Å². The molecule has 1 aromatic heterocycles. The topological polar surface area (TPSA) is 58.1 Å². The van der Waals surface area contributed by atoms with Crippen molar-refractivity contribution >= 4 is 17.4 Å². The van der Waals surface area contributed by atoms with E-state index >= 15 is 0 Å². The van der Waals surface area contributed by atoms with Crippen LogP contribution in [0.1, 0.15) is 55.4 Å². The van der Waals surface area contributed by atoms with E-state index in [-0.39, 0.29) is 5.91 Å². The average molecular weight is 310 g/mol. The molecule has 0 saturated carbocycles. The fourth-order valence-electron chi connectivity index (χ4n) is 2.77. The first kappa shape index (κ1) is 16.4. The minimum Gasteiger partial charge on any atom is -0.336 e. The van der Waals surface area contributed by atoms with E-state index in [2.05, 4.69) is 35.7 Å². The molecule has 1 amide bonds. The summed E-state index contributed by atoms with van der Waals surface area (Å²) in [5.41, 5.74) is 0.862. The highest BCUT2D eigenvalue weighted by Gasteiger charge is 2.26. The van der Waals surface area contributed by atoms with Crippen LogP contribution < -0.4 is 5.32 Å². The van der Waals surface area contributed by atoms with Crippen molar-refractivity contribution in [2.75, 3.05) is 19.6 Å². The predicted octanol–water partition coefficient (Wildman–Crippen LogP) is 2.34. The number of carbonyl (C=O) groups excluding carboxylic acids is 1. The third kappa shape index (κ3) is 4.48. The Bertz CT molecular complexity index is 454. The lowest BCUT2D eigenvalue weighted by atomic mass is 10.1. The predicted molar refractivity (Wildman–Crippen MR) is 85.7 cm³/mol. The van der Waals surface area contributed by atoms with Crippen molar-refractivity contribution in [3.05, 3.63) is 10.6 Å². The lowest BCUT2D eigenvalue weighted by Crippen LogP contribution is -2.42. The summed E-state index contributed by atoms with van der Waals surface area (Å²) >= 11 is 1.24. The van der Waals surface area contributed by atoms with Gasteiger partial charge in [0.05, 0.1) is 5.69 Å². The Labute approximate surface area is 131 Å². The summed E-state index contributed by atoms with van der Waals surface area (Å²) in [6, 6.07) is 0.434. The Morgan fingerprint density at radius 1 is 1.52 bits per heavy atom. The molecule has 2 heterocycles. The van der Waals surface area contributed by atoms with Crippen LogP contribution in [0.15, 0.2) is 0 Å². The van der Waals surface area contributed by atoms with Crippen LogP contribution in [-0.2, 0) is 6.42 Å². The molecular formula is C15H26N4OS. The van der Waals surface area contributed by atoms with Gasteiger partial charge in [0.15, 0.2) is 0 Å². The van der Waals surface area contributed by atoms with Crippen LogP contribution in [0.3, 0.4) is 0 Å². The van der Waals surface area contributed by atoms with Crippen LogP contribution in [-0.4, -0.2) is 46.1 Å². The Kier molecular flexibility index (Phi) is 6.11. The molecule has 6 heteroatoms. The third-order valence-corrected chi connectivity index (χ3v) is 4.47. The van der Waals surface area contributed by atoms with Gasteiger partial charge in [-0.15, -0.1) is 5.10 Å². The van der Waals surface area contributed by atoms with Crippen LogP contribution in [0, 0.1) is 5.92 Å². The summed E-state index contributed by atoms with van der Waals surface area (Å²) in [7, 11) is 0. The molecule has 0 radical (unpaired) electrons. The van der Waals surface area contributed by atoms with Gasteiger partial charge in [-0.1, -0.05) is 31.7 Å². The zero-order chi connectivity index (χ0) is 15.2. The molecule has 0 aliphatic carbocycles. The van der Waals surface area contributed by atoms with Crippen molar-refractivity contribution in [2.24, 2.45) is 5.92 Å². The molecule has 1 unspecified atom stereocenters. The minimum absolute atomic E-state index is 0.107. The molecular weight excluding hydrogens is 284 g/mol. The zero-order valence-corrected chi connectivity index (χ0v) is 14.1. The molecule has 1 fully saturated rings. The first-order valence-corrected chi connectivity index (χ1v) is 8.73. The van der Waals surface area contributed by atoms with E-state index in [1.165, 1.54) is 18.0 Å². The second-order valence-corrected chi connectivity index (χ2v) is 6.95. The Morgan fingerprint density at radius 2 is 2.33 bits per heavy atom. The van der Waals surface area contributed by atoms with Gasteiger partial charge in [0.1, 0.15) is 4.88 Å². The molecule has 1 atom stereocenters. The van der Waals surface area contributed by atoms with Crippen LogP contribution in [0.25, 0.3) is 0 Å². The molecule has 1 aromatic rings. The SMILES string of the molecule is CCCc1nnsc1C(=O)N(CC(C)C)CC1CCCN1. The van der Waals surface area contributed by atoms with Gasteiger partial charge < -0.3 is 10.2 Å². The maximum Gasteiger partial charge on any atom is 0.267 e. The van der Waals surface area contributed by atoms with E-state index in [9.17, 15) is 4.79 Å². The van der Waals surface area contributed by atoms with E-state index < -0.39 is 0 Å². The fourth-order valence-corrected chi connectivity index (χ4v) is 3.45. The molecule has 0 bridgehead atoms. The van der Waals surface area contributed by atoms with Crippen molar-refractivity contribution in [1.82, 2.24) is 19.8 Å². The maximum absolute atomic E-state index is 12.9. The van der Waals surface area contributed by atoms with Gasteiger partial charge in [-0.3, -0.25) is 4.79 Å². The Hall–Kier alpha value is -1.01. The van der Waals surface area contributed by atoms with Gasteiger partial charge in [-0.25, -0.2) is 0 Å². The average Bonchev–Trinajstić information content (AvgIpc) is 3.08. The second-order valence-electron chi connectivity index (χ2n) is 6.20. The lowest BCUT2D eigenvalue weighted by molar-refractivity contribution is 0.0725. The number of amides is 1. The number of nitrogens with one attached hydrogen (secondary N) is 1. The van der Waals surface area contributed by atoms with Gasteiger partial charge in [-0.2, -0.15) is 0 Å². The van der Waals surface area contributed by atoms with E-state index in [0.29, 0.717) is 12.0 Å². The number of carbonyl (C=O) groups is 1. The largest absolute Gasteiger partial charge is 0.336 e. The fraction of sp³-hybridized carbons (Fsp3) is 0.800. The summed E-state index contributed by atoms with van der Waals surface area (Å²) in [6.45, 7) is 9.06. The molecule has 118 valence electrons. The molecule has 0 aromatic carbocycles. The summed E-state index contributed by atoms with van der Waals surface area (Å²) in [5.74, 6) is 0.571. The number of nitrogens with zero attached hydrogens (tertiary/aromatic N) is 3. The number of hydrogen-bond donors (Lipinski definition) is 1. The third-order valence-electron chi connectivity index (χ3n) is 3.71. The number of aromatic nitrogens is 2. The normalized spacial score (nSPS) is 18.4. The monoisotopic (exact) mass is 310 g/mol. The minimum atomic E-state index is 0.107. The van der Waals surface area contributed by atoms with Crippen LogP contribution >= 0.6 is 11.5 Å². The highest BCUT2D eigenvalue weighted by Crippen LogP contribution is 2.18. The van der Waals surface area contributed by atoms with E-state index in [0.717, 1.165) is 49.5 Å². The van der Waals surface area contributed by atoms with Gasteiger partial charge in [0, 0.05) is 19.1 Å². The van der Waals surface area contributed by atoms with Crippen molar-refractivity contribution < 1.29 is 4.79 Å². The molecule has 2 rings (SSSR count). The molecule has 5 nitrogen and oxygen atoms in total. The summed E-state index contributed by atoms with van der Waals surface area (Å²) in [6.07, 6.45) is 4.18. The van der Waals surface area contributed by atoms with Crippen LogP contribution in [0.2, 0.25) is 0 Å². The first-order valence-electron chi connectivity index (χ1n) is 7.95. The number of hydrogen-bond acceptors (Lipinski definition) is 5. The van der Waals surface area contributed by atoms with Crippen molar-refractivity contribution in [2.45, 2.75) is 52.5 Å². The first-order chi connectivity index (χ1) is 10.1. The second kappa shape index (κ2) is 7.84. The molecule has 1 N–H and O–H groups in total. The smallest absolute Gasteiger partial charge is 0.267 e. The standard InChI is InChI=1S/C15H26N4OS/c1-4-6-13-14(21-18-17-13)15(20)19(9-11(2)3)10-12-7-5-8-16-12/h11-12,16H,4-10H2,1-3H3. The van der Waals surface area contributed by atoms with Gasteiger partial charge in [0.2, 0.25) is 0 Å². The summed E-state index contributed by atoms with van der Waals surface area (Å²) in [4.78, 5) is 15.6. The van der Waals surface area contributed by atoms with E-state index in [1.54, 1.807) is 0 Å². The Balaban J connectivity index is 2.10. The quantitative estimate of drug-likeness (QED) is 0.840. The highest BCUT2D eigenvalue weighted by molar-refractivity contribution is 7.08. The molecule has 0 spiro atoms. The highest BCUT2D eigenvalue weighted by atomic mass is 32.1. The number of aryl methyl sites for hydroxylation is 1. The summed E-state index contributed by atoms with van der Waals surface area (Å²) in [5, 5.41) is 7.60. The maximum atomic E-state index is 12.9. The van der Waals surface area contributed by atoms with Gasteiger partial charge >= 0.3 is 0 Å². The van der Waals surface area contributed by atoms with Crippen molar-refractivity contribution in [3.63, 3.8) is 0 Å². The lowest BCUT2D eigenvalue weighted by Gasteiger charge is -2.27. The summed E-state index contributed by atoms with van der Waals surface area (Å²) < 4.78 is 3.98. The van der Waals surface area contributed by atoms with Crippen molar-refractivity contribution in [1.29, 1.82) is 0 Å². The molecule has 21 heavy (non-hydrogen) atoms. The van der Waals surface area contributed by atoms with Crippen LogP contribution in [0.5, 0.6) is 0 Å². The number of rotatable bonds is 7. The Morgan fingerprint density at radius 3 is 2.95 bits per heavy atom. The molecule has 1 aliphatic heterocycles. The van der Waals surface area contributed by atoms with Crippen LogP contribution in [0.4, 0.5) is 0 Å². The van der Waals surface area contributed by atoms with Crippen molar-refractivity contribution in [3.8, 4) is 0 Å². The zero-order valence-electron chi connectivity index (χ0n) is 13.3. The van der Waals surface area contributed by atoms with Gasteiger partial charge in [-0.05, 0) is 43.3 Å². The van der Waals surface area contributed by atoms with E-state index in [4.69, 9.17) is 0 Å². The van der Waals surface area contributed by atoms with E-state index in [1.807, 2.05) is 4.90 Å².